The van der Waals surface area contributed by atoms with Crippen LogP contribution in [0.25, 0.3) is 0 Å². The summed E-state index contributed by atoms with van der Waals surface area (Å²) in [5, 5.41) is 3.90. The van der Waals surface area contributed by atoms with Gasteiger partial charge in [0, 0.05) is 5.02 Å². The molecule has 124 valence electrons. The zero-order chi connectivity index (χ0) is 16.6. The van der Waals surface area contributed by atoms with Gasteiger partial charge in [-0.2, -0.15) is 0 Å². The summed E-state index contributed by atoms with van der Waals surface area (Å²) >= 11 is 6.13. The molecule has 0 spiro atoms. The fourth-order valence-corrected chi connectivity index (χ4v) is 3.90. The van der Waals surface area contributed by atoms with Gasteiger partial charge < -0.3 is 10.1 Å². The lowest BCUT2D eigenvalue weighted by atomic mass is 9.63. The third-order valence-electron chi connectivity index (χ3n) is 5.23. The molecule has 0 bridgehead atoms. The quantitative estimate of drug-likeness (QED) is 0.920. The Morgan fingerprint density at radius 2 is 2.00 bits per heavy atom. The predicted octanol–water partition coefficient (Wildman–Crippen LogP) is 3.88. The Balaban J connectivity index is 1.51. The van der Waals surface area contributed by atoms with Crippen molar-refractivity contribution < 1.29 is 9.53 Å². The lowest BCUT2D eigenvalue weighted by molar-refractivity contribution is -0.131. The van der Waals surface area contributed by atoms with Crippen LogP contribution in [0.1, 0.15) is 30.4 Å². The van der Waals surface area contributed by atoms with Gasteiger partial charge in [-0.05, 0) is 48.6 Å². The van der Waals surface area contributed by atoms with E-state index in [0.29, 0.717) is 11.6 Å². The van der Waals surface area contributed by atoms with Gasteiger partial charge in [0.25, 0.3) is 0 Å². The van der Waals surface area contributed by atoms with E-state index < -0.39 is 5.41 Å². The molecule has 0 radical (unpaired) electrons. The molecule has 24 heavy (non-hydrogen) atoms. The van der Waals surface area contributed by atoms with Gasteiger partial charge in [-0.25, -0.2) is 0 Å². The average Bonchev–Trinajstić information content (AvgIpc) is 2.54. The van der Waals surface area contributed by atoms with Gasteiger partial charge in [-0.1, -0.05) is 48.4 Å². The second-order valence-corrected chi connectivity index (χ2v) is 7.18. The minimum atomic E-state index is -0.429. The van der Waals surface area contributed by atoms with Crippen LogP contribution in [-0.4, -0.2) is 18.6 Å². The van der Waals surface area contributed by atoms with Gasteiger partial charge in [0.1, 0.15) is 12.4 Å². The predicted molar refractivity (Wildman–Crippen MR) is 94.6 cm³/mol. The Bertz CT molecular complexity index is 770. The topological polar surface area (TPSA) is 38.3 Å². The molecule has 4 heteroatoms. The fraction of sp³-hybridized carbons (Fsp3) is 0.350. The fourth-order valence-electron chi connectivity index (χ4n) is 3.71. The number of amides is 1. The Morgan fingerprint density at radius 1 is 1.17 bits per heavy atom. The molecule has 1 unspecified atom stereocenters. The number of nitrogens with one attached hydrogen (secondary N) is 1. The van der Waals surface area contributed by atoms with E-state index in [2.05, 4.69) is 11.4 Å². The first kappa shape index (κ1) is 15.5. The molecule has 4 rings (SSSR count). The van der Waals surface area contributed by atoms with E-state index in [0.717, 1.165) is 42.6 Å². The molecule has 2 aromatic rings. The maximum absolute atomic E-state index is 13.0. The number of carbonyl (C=O) groups is 1. The lowest BCUT2D eigenvalue weighted by Gasteiger charge is -2.42. The molecule has 1 aliphatic heterocycles. The lowest BCUT2D eigenvalue weighted by Crippen LogP contribution is -2.54. The van der Waals surface area contributed by atoms with Crippen molar-refractivity contribution in [3.8, 4) is 5.75 Å². The van der Waals surface area contributed by atoms with Crippen LogP contribution in [0.3, 0.4) is 0 Å². The number of halogens is 1. The van der Waals surface area contributed by atoms with Gasteiger partial charge >= 0.3 is 0 Å². The highest BCUT2D eigenvalue weighted by Crippen LogP contribution is 2.44. The zero-order valence-corrected chi connectivity index (χ0v) is 14.2. The van der Waals surface area contributed by atoms with E-state index in [1.54, 1.807) is 0 Å². The maximum atomic E-state index is 13.0. The van der Waals surface area contributed by atoms with Gasteiger partial charge in [-0.15, -0.1) is 0 Å². The number of rotatable bonds is 3. The summed E-state index contributed by atoms with van der Waals surface area (Å²) in [6.07, 6.45) is 3.64. The van der Waals surface area contributed by atoms with Crippen LogP contribution >= 0.6 is 11.6 Å². The first-order chi connectivity index (χ1) is 11.7. The van der Waals surface area contributed by atoms with Gasteiger partial charge in [0.15, 0.2) is 0 Å². The van der Waals surface area contributed by atoms with Crippen LogP contribution in [0.15, 0.2) is 48.5 Å². The SMILES string of the molecule is O=C(NC1COc2ccccc2C1)C1(c2cccc(Cl)c2)CCC1. The molecule has 2 aromatic carbocycles. The van der Waals surface area contributed by atoms with Crippen molar-refractivity contribution in [3.63, 3.8) is 0 Å². The number of hydrogen-bond donors (Lipinski definition) is 1. The van der Waals surface area contributed by atoms with Crippen LogP contribution in [0.5, 0.6) is 5.75 Å². The van der Waals surface area contributed by atoms with Crippen molar-refractivity contribution in [1.82, 2.24) is 5.32 Å². The van der Waals surface area contributed by atoms with Crippen molar-refractivity contribution in [3.05, 3.63) is 64.7 Å². The molecular weight excluding hydrogens is 322 g/mol. The number of benzene rings is 2. The van der Waals surface area contributed by atoms with E-state index in [1.165, 1.54) is 0 Å². The second kappa shape index (κ2) is 6.14. The van der Waals surface area contributed by atoms with Crippen molar-refractivity contribution in [2.45, 2.75) is 37.1 Å². The highest BCUT2D eigenvalue weighted by Gasteiger charge is 2.46. The monoisotopic (exact) mass is 341 g/mol. The molecule has 0 aromatic heterocycles. The number of para-hydroxylation sites is 1. The third kappa shape index (κ3) is 2.67. The van der Waals surface area contributed by atoms with Crippen LogP contribution in [0.4, 0.5) is 0 Å². The van der Waals surface area contributed by atoms with Gasteiger partial charge in [0.2, 0.25) is 5.91 Å². The minimum Gasteiger partial charge on any atom is -0.491 e. The van der Waals surface area contributed by atoms with Crippen LogP contribution in [0, 0.1) is 0 Å². The summed E-state index contributed by atoms with van der Waals surface area (Å²) in [7, 11) is 0. The maximum Gasteiger partial charge on any atom is 0.231 e. The smallest absolute Gasteiger partial charge is 0.231 e. The van der Waals surface area contributed by atoms with Crippen LogP contribution in [0.2, 0.25) is 5.02 Å². The minimum absolute atomic E-state index is 0.0176. The standard InChI is InChI=1S/C20H20ClNO2/c21-16-7-3-6-15(12-16)20(9-4-10-20)19(23)22-17-11-14-5-1-2-8-18(14)24-13-17/h1-3,5-8,12,17H,4,9-11,13H2,(H,22,23). The molecule has 3 nitrogen and oxygen atoms in total. The number of carbonyl (C=O) groups excluding carboxylic acids is 1. The van der Waals surface area contributed by atoms with Crippen molar-refractivity contribution in [2.24, 2.45) is 0 Å². The molecule has 1 aliphatic carbocycles. The number of ether oxygens (including phenoxy) is 1. The summed E-state index contributed by atoms with van der Waals surface area (Å²) in [5.74, 6) is 1.03. The van der Waals surface area contributed by atoms with E-state index in [4.69, 9.17) is 16.3 Å². The molecule has 1 amide bonds. The number of hydrogen-bond acceptors (Lipinski definition) is 2. The molecule has 1 saturated carbocycles. The molecular formula is C20H20ClNO2. The van der Waals surface area contributed by atoms with Crippen molar-refractivity contribution in [2.75, 3.05) is 6.61 Å². The van der Waals surface area contributed by atoms with Crippen LogP contribution < -0.4 is 10.1 Å². The first-order valence-electron chi connectivity index (χ1n) is 8.45. The van der Waals surface area contributed by atoms with Crippen LogP contribution in [-0.2, 0) is 16.6 Å². The summed E-state index contributed by atoms with van der Waals surface area (Å²) in [6.45, 7) is 0.522. The summed E-state index contributed by atoms with van der Waals surface area (Å²) in [6, 6.07) is 15.7. The molecule has 1 atom stereocenters. The van der Waals surface area contributed by atoms with E-state index in [-0.39, 0.29) is 11.9 Å². The van der Waals surface area contributed by atoms with E-state index in [9.17, 15) is 4.79 Å². The normalized spacial score (nSPS) is 21.1. The zero-order valence-electron chi connectivity index (χ0n) is 13.4. The third-order valence-corrected chi connectivity index (χ3v) is 5.47. The highest BCUT2D eigenvalue weighted by molar-refractivity contribution is 6.30. The van der Waals surface area contributed by atoms with Crippen molar-refractivity contribution in [1.29, 1.82) is 0 Å². The van der Waals surface area contributed by atoms with E-state index in [1.807, 2.05) is 42.5 Å². The van der Waals surface area contributed by atoms with Gasteiger partial charge in [-0.3, -0.25) is 4.79 Å². The Labute approximate surface area is 147 Å². The highest BCUT2D eigenvalue weighted by atomic mass is 35.5. The molecule has 1 heterocycles. The summed E-state index contributed by atoms with van der Waals surface area (Å²) in [4.78, 5) is 13.0. The molecule has 1 fully saturated rings. The Morgan fingerprint density at radius 3 is 2.75 bits per heavy atom. The second-order valence-electron chi connectivity index (χ2n) is 6.74. The largest absolute Gasteiger partial charge is 0.491 e. The summed E-state index contributed by atoms with van der Waals surface area (Å²) in [5.41, 5.74) is 1.75. The summed E-state index contributed by atoms with van der Waals surface area (Å²) < 4.78 is 5.79. The molecule has 0 saturated heterocycles. The average molecular weight is 342 g/mol. The first-order valence-corrected chi connectivity index (χ1v) is 8.83. The van der Waals surface area contributed by atoms with Crippen molar-refractivity contribution >= 4 is 17.5 Å². The Kier molecular flexibility index (Phi) is 3.97. The molecule has 1 N–H and O–H groups in total. The van der Waals surface area contributed by atoms with Gasteiger partial charge in [0.05, 0.1) is 11.5 Å². The molecule has 2 aliphatic rings. The Hall–Kier alpha value is -2.00. The van der Waals surface area contributed by atoms with E-state index >= 15 is 0 Å². The number of fused-ring (bicyclic) bond motifs is 1.